The minimum atomic E-state index is -4.30. The first kappa shape index (κ1) is 16.0. The summed E-state index contributed by atoms with van der Waals surface area (Å²) in [6, 6.07) is 5.52. The molecule has 0 saturated carbocycles. The molecule has 0 spiro atoms. The first-order valence-corrected chi connectivity index (χ1v) is 7.66. The summed E-state index contributed by atoms with van der Waals surface area (Å²) < 4.78 is 38.3. The second-order valence-corrected chi connectivity index (χ2v) is 5.73. The van der Waals surface area contributed by atoms with Crippen LogP contribution >= 0.6 is 11.3 Å². The molecule has 0 fully saturated rings. The summed E-state index contributed by atoms with van der Waals surface area (Å²) in [7, 11) is 0. The van der Waals surface area contributed by atoms with Crippen LogP contribution in [0.3, 0.4) is 0 Å². The molecule has 1 heterocycles. The Balaban J connectivity index is 2.17. The fourth-order valence-electron chi connectivity index (χ4n) is 2.10. The summed E-state index contributed by atoms with van der Waals surface area (Å²) in [5.74, 6) is 0. The number of aromatic nitrogens is 1. The third kappa shape index (κ3) is 4.54. The Bertz CT molecular complexity index is 552. The van der Waals surface area contributed by atoms with Crippen LogP contribution in [0.25, 0.3) is 0 Å². The SMILES string of the molecule is CCCNC(Cc1cccc(C(F)(F)F)c1)c1cncs1. The number of thiazole rings is 1. The molecule has 1 atom stereocenters. The van der Waals surface area contributed by atoms with E-state index in [0.29, 0.717) is 12.0 Å². The molecule has 2 nitrogen and oxygen atoms in total. The van der Waals surface area contributed by atoms with E-state index in [1.807, 2.05) is 0 Å². The smallest absolute Gasteiger partial charge is 0.309 e. The Morgan fingerprint density at radius 2 is 2.14 bits per heavy atom. The minimum absolute atomic E-state index is 0.000865. The van der Waals surface area contributed by atoms with Crippen molar-refractivity contribution in [1.29, 1.82) is 0 Å². The second-order valence-electron chi connectivity index (χ2n) is 4.81. The molecular weight excluding hydrogens is 297 g/mol. The van der Waals surface area contributed by atoms with Crippen molar-refractivity contribution in [2.75, 3.05) is 6.54 Å². The summed E-state index contributed by atoms with van der Waals surface area (Å²) in [6.07, 6.45) is -1.04. The highest BCUT2D eigenvalue weighted by atomic mass is 32.1. The highest BCUT2D eigenvalue weighted by Gasteiger charge is 2.30. The summed E-state index contributed by atoms with van der Waals surface area (Å²) >= 11 is 1.51. The number of halogens is 3. The molecule has 0 saturated heterocycles. The van der Waals surface area contributed by atoms with Crippen molar-refractivity contribution in [2.24, 2.45) is 0 Å². The van der Waals surface area contributed by atoms with Crippen LogP contribution in [0.1, 0.15) is 35.4 Å². The predicted molar refractivity (Wildman–Crippen MR) is 78.3 cm³/mol. The topological polar surface area (TPSA) is 24.9 Å². The fraction of sp³-hybridized carbons (Fsp3) is 0.400. The summed E-state index contributed by atoms with van der Waals surface area (Å²) in [6.45, 7) is 2.88. The fourth-order valence-corrected chi connectivity index (χ4v) is 2.80. The van der Waals surface area contributed by atoms with Gasteiger partial charge in [0, 0.05) is 17.1 Å². The quantitative estimate of drug-likeness (QED) is 0.852. The van der Waals surface area contributed by atoms with E-state index < -0.39 is 11.7 Å². The van der Waals surface area contributed by atoms with E-state index in [4.69, 9.17) is 0 Å². The highest BCUT2D eigenvalue weighted by Crippen LogP contribution is 2.30. The zero-order chi connectivity index (χ0) is 15.3. The van der Waals surface area contributed by atoms with E-state index in [9.17, 15) is 13.2 Å². The molecule has 1 unspecified atom stereocenters. The summed E-state index contributed by atoms with van der Waals surface area (Å²) in [5, 5.41) is 3.37. The molecule has 2 aromatic rings. The van der Waals surface area contributed by atoms with Crippen molar-refractivity contribution in [1.82, 2.24) is 10.3 Å². The zero-order valence-electron chi connectivity index (χ0n) is 11.7. The molecule has 0 aliphatic rings. The van der Waals surface area contributed by atoms with Crippen molar-refractivity contribution in [3.63, 3.8) is 0 Å². The number of alkyl halides is 3. The molecule has 0 aliphatic carbocycles. The highest BCUT2D eigenvalue weighted by molar-refractivity contribution is 7.09. The average Bonchev–Trinajstić information content (AvgIpc) is 2.97. The van der Waals surface area contributed by atoms with Gasteiger partial charge in [0.1, 0.15) is 0 Å². The van der Waals surface area contributed by atoms with Gasteiger partial charge in [-0.05, 0) is 31.0 Å². The van der Waals surface area contributed by atoms with Crippen LogP contribution in [0.15, 0.2) is 36.0 Å². The van der Waals surface area contributed by atoms with E-state index in [1.54, 1.807) is 17.8 Å². The molecule has 1 aromatic heterocycles. The molecule has 114 valence electrons. The van der Waals surface area contributed by atoms with Gasteiger partial charge in [0.05, 0.1) is 11.1 Å². The molecule has 2 rings (SSSR count). The van der Waals surface area contributed by atoms with Gasteiger partial charge in [-0.1, -0.05) is 25.1 Å². The normalized spacial score (nSPS) is 13.3. The largest absolute Gasteiger partial charge is 0.416 e. The first-order chi connectivity index (χ1) is 10.0. The standard InChI is InChI=1S/C15H17F3N2S/c1-2-6-20-13(14-9-19-10-21-14)8-11-4-3-5-12(7-11)15(16,17)18/h3-5,7,9-10,13,20H,2,6,8H2,1H3. The Labute approximate surface area is 126 Å². The van der Waals surface area contributed by atoms with Crippen molar-refractivity contribution in [3.8, 4) is 0 Å². The minimum Gasteiger partial charge on any atom is -0.309 e. The number of nitrogens with one attached hydrogen (secondary N) is 1. The van der Waals surface area contributed by atoms with Crippen LogP contribution in [-0.2, 0) is 12.6 Å². The molecule has 1 N–H and O–H groups in total. The van der Waals surface area contributed by atoms with Crippen LogP contribution in [0.2, 0.25) is 0 Å². The maximum atomic E-state index is 12.8. The lowest BCUT2D eigenvalue weighted by Gasteiger charge is -2.17. The molecule has 0 bridgehead atoms. The Hall–Kier alpha value is -1.40. The maximum absolute atomic E-state index is 12.8. The van der Waals surface area contributed by atoms with Crippen LogP contribution in [-0.4, -0.2) is 11.5 Å². The molecule has 0 aliphatic heterocycles. The van der Waals surface area contributed by atoms with Gasteiger partial charge in [-0.25, -0.2) is 0 Å². The van der Waals surface area contributed by atoms with Gasteiger partial charge < -0.3 is 5.32 Å². The van der Waals surface area contributed by atoms with Gasteiger partial charge in [-0.3, -0.25) is 4.98 Å². The second kappa shape index (κ2) is 7.04. The van der Waals surface area contributed by atoms with Crippen molar-refractivity contribution in [2.45, 2.75) is 32.0 Å². The average molecular weight is 314 g/mol. The lowest BCUT2D eigenvalue weighted by atomic mass is 10.0. The number of hydrogen-bond donors (Lipinski definition) is 1. The monoisotopic (exact) mass is 314 g/mol. The Morgan fingerprint density at radius 3 is 2.76 bits per heavy atom. The first-order valence-electron chi connectivity index (χ1n) is 6.78. The van der Waals surface area contributed by atoms with E-state index >= 15 is 0 Å². The third-order valence-electron chi connectivity index (χ3n) is 3.13. The van der Waals surface area contributed by atoms with Gasteiger partial charge >= 0.3 is 6.18 Å². The Kier molecular flexibility index (Phi) is 5.36. The van der Waals surface area contributed by atoms with E-state index in [1.165, 1.54) is 23.5 Å². The molecular formula is C15H17F3N2S. The van der Waals surface area contributed by atoms with Crippen LogP contribution in [0.5, 0.6) is 0 Å². The molecule has 21 heavy (non-hydrogen) atoms. The predicted octanol–water partition coefficient (Wildman–Crippen LogP) is 4.45. The van der Waals surface area contributed by atoms with Crippen molar-refractivity contribution < 1.29 is 13.2 Å². The van der Waals surface area contributed by atoms with Crippen LogP contribution < -0.4 is 5.32 Å². The van der Waals surface area contributed by atoms with Crippen molar-refractivity contribution in [3.05, 3.63) is 52.0 Å². The van der Waals surface area contributed by atoms with E-state index in [0.717, 1.165) is 23.9 Å². The molecule has 1 aromatic carbocycles. The zero-order valence-corrected chi connectivity index (χ0v) is 12.5. The lowest BCUT2D eigenvalue weighted by molar-refractivity contribution is -0.137. The van der Waals surface area contributed by atoms with E-state index in [2.05, 4.69) is 17.2 Å². The molecule has 0 amide bonds. The van der Waals surface area contributed by atoms with Gasteiger partial charge in [-0.2, -0.15) is 13.2 Å². The number of nitrogens with zero attached hydrogens (tertiary/aromatic N) is 1. The molecule has 6 heteroatoms. The van der Waals surface area contributed by atoms with Crippen molar-refractivity contribution >= 4 is 11.3 Å². The van der Waals surface area contributed by atoms with Crippen LogP contribution in [0.4, 0.5) is 13.2 Å². The van der Waals surface area contributed by atoms with Gasteiger partial charge in [-0.15, -0.1) is 11.3 Å². The number of benzene rings is 1. The van der Waals surface area contributed by atoms with Gasteiger partial charge in [0.15, 0.2) is 0 Å². The summed E-state index contributed by atoms with van der Waals surface area (Å²) in [4.78, 5) is 5.09. The summed E-state index contributed by atoms with van der Waals surface area (Å²) in [5.41, 5.74) is 1.81. The van der Waals surface area contributed by atoms with E-state index in [-0.39, 0.29) is 6.04 Å². The third-order valence-corrected chi connectivity index (χ3v) is 4.02. The van der Waals surface area contributed by atoms with Gasteiger partial charge in [0.25, 0.3) is 0 Å². The Morgan fingerprint density at radius 1 is 1.33 bits per heavy atom. The maximum Gasteiger partial charge on any atom is 0.416 e. The number of hydrogen-bond acceptors (Lipinski definition) is 3. The van der Waals surface area contributed by atoms with Crippen LogP contribution in [0, 0.1) is 0 Å². The lowest BCUT2D eigenvalue weighted by Crippen LogP contribution is -2.23. The number of rotatable bonds is 6. The molecule has 0 radical (unpaired) electrons. The van der Waals surface area contributed by atoms with Gasteiger partial charge in [0.2, 0.25) is 0 Å².